The minimum Gasteiger partial charge on any atom is -0.486 e. The molecule has 0 radical (unpaired) electrons. The number of aliphatic hydroxyl groups excluding tert-OH is 1. The SMILES string of the molecule is COC1(CC(O)c2ccc3c(c2)OCCO3)CCC1. The van der Waals surface area contributed by atoms with Gasteiger partial charge in [-0.05, 0) is 37.0 Å². The molecule has 1 saturated carbocycles. The highest BCUT2D eigenvalue weighted by molar-refractivity contribution is 5.44. The maximum Gasteiger partial charge on any atom is 0.161 e. The Morgan fingerprint density at radius 3 is 2.63 bits per heavy atom. The molecule has 0 spiro atoms. The summed E-state index contributed by atoms with van der Waals surface area (Å²) in [5.74, 6) is 1.48. The predicted molar refractivity (Wildman–Crippen MR) is 70.6 cm³/mol. The van der Waals surface area contributed by atoms with Crippen LogP contribution >= 0.6 is 0 Å². The lowest BCUT2D eigenvalue weighted by molar-refractivity contribution is -0.0999. The minimum atomic E-state index is -0.518. The second-order valence-electron chi connectivity index (χ2n) is 5.36. The van der Waals surface area contributed by atoms with Gasteiger partial charge in [0.05, 0.1) is 11.7 Å². The van der Waals surface area contributed by atoms with Gasteiger partial charge in [-0.1, -0.05) is 6.07 Å². The summed E-state index contributed by atoms with van der Waals surface area (Å²) in [6.45, 7) is 1.15. The smallest absolute Gasteiger partial charge is 0.161 e. The minimum absolute atomic E-state index is 0.132. The molecule has 4 nitrogen and oxygen atoms in total. The van der Waals surface area contributed by atoms with Crippen molar-refractivity contribution in [2.75, 3.05) is 20.3 Å². The summed E-state index contributed by atoms with van der Waals surface area (Å²) in [7, 11) is 1.73. The van der Waals surface area contributed by atoms with Crippen molar-refractivity contribution in [2.24, 2.45) is 0 Å². The van der Waals surface area contributed by atoms with Gasteiger partial charge in [0.1, 0.15) is 13.2 Å². The predicted octanol–water partition coefficient (Wildman–Crippen LogP) is 2.45. The van der Waals surface area contributed by atoms with Gasteiger partial charge in [0.15, 0.2) is 11.5 Å². The number of rotatable bonds is 4. The molecule has 1 unspecified atom stereocenters. The summed E-state index contributed by atoms with van der Waals surface area (Å²) in [6.07, 6.45) is 3.37. The number of benzene rings is 1. The van der Waals surface area contributed by atoms with Gasteiger partial charge in [-0.25, -0.2) is 0 Å². The first-order chi connectivity index (χ1) is 9.22. The zero-order valence-corrected chi connectivity index (χ0v) is 11.2. The van der Waals surface area contributed by atoms with E-state index < -0.39 is 6.10 Å². The largest absolute Gasteiger partial charge is 0.486 e. The van der Waals surface area contributed by atoms with Crippen molar-refractivity contribution < 1.29 is 19.3 Å². The van der Waals surface area contributed by atoms with Gasteiger partial charge in [0.2, 0.25) is 0 Å². The van der Waals surface area contributed by atoms with Gasteiger partial charge in [0.25, 0.3) is 0 Å². The molecule has 1 heterocycles. The van der Waals surface area contributed by atoms with E-state index in [1.807, 2.05) is 18.2 Å². The van der Waals surface area contributed by atoms with E-state index in [1.54, 1.807) is 7.11 Å². The van der Waals surface area contributed by atoms with Crippen LogP contribution in [0.5, 0.6) is 11.5 Å². The molecule has 1 N–H and O–H groups in total. The van der Waals surface area contributed by atoms with Gasteiger partial charge < -0.3 is 19.3 Å². The molecule has 0 aromatic heterocycles. The van der Waals surface area contributed by atoms with Crippen molar-refractivity contribution in [2.45, 2.75) is 37.4 Å². The Morgan fingerprint density at radius 1 is 1.26 bits per heavy atom. The molecule has 1 atom stereocenters. The molecule has 4 heteroatoms. The van der Waals surface area contributed by atoms with Gasteiger partial charge in [-0.3, -0.25) is 0 Å². The maximum atomic E-state index is 10.4. The van der Waals surface area contributed by atoms with Crippen molar-refractivity contribution in [1.29, 1.82) is 0 Å². The van der Waals surface area contributed by atoms with Crippen LogP contribution in [-0.4, -0.2) is 31.0 Å². The maximum absolute atomic E-state index is 10.4. The lowest BCUT2D eigenvalue weighted by Gasteiger charge is -2.42. The fraction of sp³-hybridized carbons (Fsp3) is 0.600. The van der Waals surface area contributed by atoms with Crippen molar-refractivity contribution in [3.05, 3.63) is 23.8 Å². The van der Waals surface area contributed by atoms with Gasteiger partial charge in [-0.15, -0.1) is 0 Å². The first-order valence-electron chi connectivity index (χ1n) is 6.85. The van der Waals surface area contributed by atoms with Crippen LogP contribution in [0.4, 0.5) is 0 Å². The summed E-state index contributed by atoms with van der Waals surface area (Å²) in [5, 5.41) is 10.4. The topological polar surface area (TPSA) is 47.9 Å². The molecule has 104 valence electrons. The van der Waals surface area contributed by atoms with E-state index >= 15 is 0 Å². The number of fused-ring (bicyclic) bond motifs is 1. The van der Waals surface area contributed by atoms with Crippen molar-refractivity contribution in [3.63, 3.8) is 0 Å². The standard InChI is InChI=1S/C15H20O4/c1-17-15(5-2-6-15)10-12(16)11-3-4-13-14(9-11)19-8-7-18-13/h3-4,9,12,16H,2,5-8,10H2,1H3. The molecule has 1 aromatic carbocycles. The molecule has 0 bridgehead atoms. The lowest BCUT2D eigenvalue weighted by Crippen LogP contribution is -2.40. The fourth-order valence-corrected chi connectivity index (χ4v) is 2.80. The van der Waals surface area contributed by atoms with Crippen LogP contribution in [0.1, 0.15) is 37.4 Å². The second kappa shape index (κ2) is 5.02. The van der Waals surface area contributed by atoms with E-state index in [-0.39, 0.29) is 5.60 Å². The van der Waals surface area contributed by atoms with E-state index in [0.29, 0.717) is 19.6 Å². The zero-order chi connectivity index (χ0) is 13.3. The second-order valence-corrected chi connectivity index (χ2v) is 5.36. The lowest BCUT2D eigenvalue weighted by atomic mass is 9.75. The third kappa shape index (κ3) is 2.42. The molecule has 19 heavy (non-hydrogen) atoms. The van der Waals surface area contributed by atoms with Crippen LogP contribution in [0.25, 0.3) is 0 Å². The van der Waals surface area contributed by atoms with Crippen LogP contribution in [0.2, 0.25) is 0 Å². The van der Waals surface area contributed by atoms with Crippen molar-refractivity contribution >= 4 is 0 Å². The van der Waals surface area contributed by atoms with E-state index in [0.717, 1.165) is 29.9 Å². The normalized spacial score (nSPS) is 21.6. The van der Waals surface area contributed by atoms with E-state index in [1.165, 1.54) is 6.42 Å². The van der Waals surface area contributed by atoms with Gasteiger partial charge >= 0.3 is 0 Å². The highest BCUT2D eigenvalue weighted by atomic mass is 16.6. The molecule has 1 aliphatic carbocycles. The number of hydrogen-bond acceptors (Lipinski definition) is 4. The molecular weight excluding hydrogens is 244 g/mol. The van der Waals surface area contributed by atoms with E-state index in [4.69, 9.17) is 14.2 Å². The van der Waals surface area contributed by atoms with E-state index in [2.05, 4.69) is 0 Å². The Kier molecular flexibility index (Phi) is 3.37. The van der Waals surface area contributed by atoms with Crippen LogP contribution < -0.4 is 9.47 Å². The molecule has 0 saturated heterocycles. The van der Waals surface area contributed by atoms with Crippen molar-refractivity contribution in [3.8, 4) is 11.5 Å². The number of aliphatic hydroxyl groups is 1. The molecular formula is C15H20O4. The highest BCUT2D eigenvalue weighted by Gasteiger charge is 2.39. The zero-order valence-electron chi connectivity index (χ0n) is 11.2. The Bertz CT molecular complexity index is 448. The Labute approximate surface area is 113 Å². The quantitative estimate of drug-likeness (QED) is 0.907. The number of methoxy groups -OCH3 is 1. The summed E-state index contributed by atoms with van der Waals surface area (Å²) in [4.78, 5) is 0. The van der Waals surface area contributed by atoms with Gasteiger partial charge in [-0.2, -0.15) is 0 Å². The fourth-order valence-electron chi connectivity index (χ4n) is 2.80. The van der Waals surface area contributed by atoms with Crippen LogP contribution in [0.3, 0.4) is 0 Å². The molecule has 2 aliphatic rings. The Balaban J connectivity index is 1.74. The number of ether oxygens (including phenoxy) is 3. The molecule has 1 aromatic rings. The first-order valence-corrected chi connectivity index (χ1v) is 6.85. The summed E-state index contributed by atoms with van der Waals surface area (Å²) < 4.78 is 16.6. The molecule has 0 amide bonds. The third-order valence-corrected chi connectivity index (χ3v) is 4.21. The Hall–Kier alpha value is -1.26. The summed E-state index contributed by atoms with van der Waals surface area (Å²) >= 11 is 0. The molecule has 1 fully saturated rings. The average molecular weight is 264 g/mol. The van der Waals surface area contributed by atoms with Crippen molar-refractivity contribution in [1.82, 2.24) is 0 Å². The number of hydrogen-bond donors (Lipinski definition) is 1. The third-order valence-electron chi connectivity index (χ3n) is 4.21. The average Bonchev–Trinajstić information content (AvgIpc) is 2.42. The van der Waals surface area contributed by atoms with Gasteiger partial charge in [0, 0.05) is 13.5 Å². The van der Waals surface area contributed by atoms with Crippen LogP contribution in [0.15, 0.2) is 18.2 Å². The highest BCUT2D eigenvalue weighted by Crippen LogP contribution is 2.42. The summed E-state index contributed by atoms with van der Waals surface area (Å²) in [5.41, 5.74) is 0.736. The molecule has 3 rings (SSSR count). The van der Waals surface area contributed by atoms with Crippen LogP contribution in [0, 0.1) is 0 Å². The Morgan fingerprint density at radius 2 is 2.00 bits per heavy atom. The summed E-state index contributed by atoms with van der Waals surface area (Å²) in [6, 6.07) is 5.65. The van der Waals surface area contributed by atoms with Crippen LogP contribution in [-0.2, 0) is 4.74 Å². The first kappa shape index (κ1) is 12.8. The monoisotopic (exact) mass is 264 g/mol. The molecule has 1 aliphatic heterocycles. The van der Waals surface area contributed by atoms with E-state index in [9.17, 15) is 5.11 Å².